The summed E-state index contributed by atoms with van der Waals surface area (Å²) >= 11 is 6.49. The van der Waals surface area contributed by atoms with Gasteiger partial charge in [0.05, 0.1) is 28.0 Å². The van der Waals surface area contributed by atoms with Crippen LogP contribution in [0.4, 0.5) is 24.7 Å². The van der Waals surface area contributed by atoms with E-state index in [9.17, 15) is 27.6 Å². The highest BCUT2D eigenvalue weighted by molar-refractivity contribution is 6.34. The molecule has 3 N–H and O–H groups in total. The summed E-state index contributed by atoms with van der Waals surface area (Å²) in [5.41, 5.74) is 4.42. The first-order chi connectivity index (χ1) is 23.7. The van der Waals surface area contributed by atoms with Crippen LogP contribution in [0.5, 0.6) is 0 Å². The minimum Gasteiger partial charge on any atom is -0.382 e. The van der Waals surface area contributed by atoms with Gasteiger partial charge in [-0.2, -0.15) is 18.3 Å². The fourth-order valence-electron chi connectivity index (χ4n) is 5.64. The van der Waals surface area contributed by atoms with Crippen LogP contribution >= 0.6 is 11.6 Å². The lowest BCUT2D eigenvalue weighted by Crippen LogP contribution is -2.52. The fraction of sp³-hybridized carbons (Fsp3) is 0.406. The first-order valence-corrected chi connectivity index (χ1v) is 16.2. The predicted octanol–water partition coefficient (Wildman–Crippen LogP) is 3.83. The van der Waals surface area contributed by atoms with Gasteiger partial charge in [-0.1, -0.05) is 18.5 Å². The van der Waals surface area contributed by atoms with Gasteiger partial charge in [0, 0.05) is 51.0 Å². The van der Waals surface area contributed by atoms with Gasteiger partial charge in [0.25, 0.3) is 11.8 Å². The summed E-state index contributed by atoms with van der Waals surface area (Å²) in [6.45, 7) is 4.37. The van der Waals surface area contributed by atoms with E-state index >= 15 is 0 Å². The number of anilines is 2. The largest absolute Gasteiger partial charge is 0.435 e. The minimum atomic E-state index is -4.83. The molecule has 0 radical (unpaired) electrons. The quantitative estimate of drug-likeness (QED) is 0.249. The molecule has 1 saturated heterocycles. The number of alkyl halides is 3. The van der Waals surface area contributed by atoms with Gasteiger partial charge in [0.2, 0.25) is 5.91 Å². The van der Waals surface area contributed by atoms with Crippen LogP contribution < -0.4 is 11.1 Å². The fourth-order valence-corrected chi connectivity index (χ4v) is 5.91. The molecule has 14 nitrogen and oxygen atoms in total. The summed E-state index contributed by atoms with van der Waals surface area (Å²) in [5, 5.41) is 13.8. The lowest BCUT2D eigenvalue weighted by atomic mass is 10.00. The van der Waals surface area contributed by atoms with Gasteiger partial charge >= 0.3 is 6.18 Å². The van der Waals surface area contributed by atoms with Gasteiger partial charge in [-0.25, -0.2) is 9.67 Å². The number of rotatable bonds is 10. The van der Waals surface area contributed by atoms with Crippen molar-refractivity contribution in [3.05, 3.63) is 64.8 Å². The summed E-state index contributed by atoms with van der Waals surface area (Å²) in [4.78, 5) is 49.2. The maximum Gasteiger partial charge on any atom is 0.435 e. The topological polar surface area (TPSA) is 160 Å². The van der Waals surface area contributed by atoms with E-state index in [0.29, 0.717) is 26.2 Å². The number of nitrogen functional groups attached to an aromatic ring is 1. The van der Waals surface area contributed by atoms with Crippen molar-refractivity contribution < 1.29 is 27.6 Å². The van der Waals surface area contributed by atoms with Crippen LogP contribution in [0.1, 0.15) is 46.4 Å². The van der Waals surface area contributed by atoms with Crippen LogP contribution in [0.3, 0.4) is 0 Å². The van der Waals surface area contributed by atoms with Gasteiger partial charge in [0.15, 0.2) is 17.3 Å². The van der Waals surface area contributed by atoms with Crippen LogP contribution in [0, 0.1) is 5.92 Å². The van der Waals surface area contributed by atoms with E-state index < -0.39 is 17.8 Å². The van der Waals surface area contributed by atoms with Crippen LogP contribution in [0.25, 0.3) is 17.1 Å². The molecule has 4 aromatic rings. The number of aromatic nitrogens is 6. The zero-order valence-corrected chi connectivity index (χ0v) is 28.7. The van der Waals surface area contributed by atoms with Crippen LogP contribution in [-0.2, 0) is 18.0 Å². The molecule has 4 heterocycles. The number of carbonyl (C=O) groups is 3. The van der Waals surface area contributed by atoms with Crippen molar-refractivity contribution >= 4 is 40.8 Å². The maximum atomic E-state index is 14.0. The van der Waals surface area contributed by atoms with Crippen molar-refractivity contribution in [3.63, 3.8) is 0 Å². The van der Waals surface area contributed by atoms with Gasteiger partial charge < -0.3 is 30.3 Å². The molecule has 0 aliphatic carbocycles. The Morgan fingerprint density at radius 3 is 2.36 bits per heavy atom. The highest BCUT2D eigenvalue weighted by atomic mass is 35.5. The van der Waals surface area contributed by atoms with Crippen molar-refractivity contribution in [1.29, 1.82) is 0 Å². The van der Waals surface area contributed by atoms with Gasteiger partial charge in [0.1, 0.15) is 5.82 Å². The SMILES string of the molecule is CCC(CCN(C)C)C(=O)N1CCN(C(=O)c2ccc(NC(=O)c3ncc(-c4cn(-c5ccc(N)nn5)nc4C(F)(F)F)n3C)cc2Cl)CC1. The van der Waals surface area contributed by atoms with Crippen molar-refractivity contribution in [3.8, 4) is 17.1 Å². The maximum absolute atomic E-state index is 14.0. The number of nitrogens with zero attached hydrogens (tertiary/aromatic N) is 9. The average molecular weight is 716 g/mol. The first kappa shape index (κ1) is 36.3. The van der Waals surface area contributed by atoms with Crippen LogP contribution in [0.2, 0.25) is 5.02 Å². The van der Waals surface area contributed by atoms with Crippen molar-refractivity contribution in [2.45, 2.75) is 25.9 Å². The lowest BCUT2D eigenvalue weighted by Gasteiger charge is -2.36. The summed E-state index contributed by atoms with van der Waals surface area (Å²) in [6.07, 6.45) is -1.07. The third kappa shape index (κ3) is 7.89. The molecular weight excluding hydrogens is 679 g/mol. The average Bonchev–Trinajstić information content (AvgIpc) is 3.69. The Labute approximate surface area is 291 Å². The Bertz CT molecular complexity index is 1870. The van der Waals surface area contributed by atoms with E-state index in [2.05, 4.69) is 30.5 Å². The number of hydrogen-bond acceptors (Lipinski definition) is 9. The van der Waals surface area contributed by atoms with Gasteiger partial charge in [-0.3, -0.25) is 14.4 Å². The molecule has 1 aliphatic rings. The summed E-state index contributed by atoms with van der Waals surface area (Å²) in [6, 6.07) is 7.13. The Morgan fingerprint density at radius 2 is 1.76 bits per heavy atom. The third-order valence-electron chi connectivity index (χ3n) is 8.46. The molecule has 0 bridgehead atoms. The molecule has 1 atom stereocenters. The summed E-state index contributed by atoms with van der Waals surface area (Å²) in [5.74, 6) is -1.10. The Kier molecular flexibility index (Phi) is 10.8. The highest BCUT2D eigenvalue weighted by Gasteiger charge is 2.39. The molecule has 18 heteroatoms. The molecule has 0 spiro atoms. The second-order valence-corrected chi connectivity index (χ2v) is 12.5. The minimum absolute atomic E-state index is 0.00326. The molecule has 1 aliphatic heterocycles. The van der Waals surface area contributed by atoms with Crippen LogP contribution in [0.15, 0.2) is 42.7 Å². The second-order valence-electron chi connectivity index (χ2n) is 12.1. The standard InChI is InChI=1S/C32H37ClF3N11O3/c1-5-19(10-11-43(2)3)30(49)45-12-14-46(15-13-45)31(50)21-7-6-20(16-23(21)33)39-29(48)28-38-17-24(44(28)4)22-18-47(42-27(22)32(34,35)36)26-9-8-25(37)40-41-26/h6-9,16-19H,5,10-15H2,1-4H3,(H2,37,40)(H,39,48). The van der Waals surface area contributed by atoms with E-state index in [4.69, 9.17) is 17.3 Å². The number of benzene rings is 1. The number of amides is 3. The number of nitrogens with two attached hydrogens (primary N) is 1. The van der Waals surface area contributed by atoms with E-state index in [1.807, 2.05) is 21.0 Å². The number of halogens is 4. The highest BCUT2D eigenvalue weighted by Crippen LogP contribution is 2.37. The molecular formula is C32H37ClF3N11O3. The normalized spacial score (nSPS) is 14.3. The molecule has 1 aromatic carbocycles. The molecule has 5 rings (SSSR count). The number of hydrogen-bond donors (Lipinski definition) is 2. The van der Waals surface area contributed by atoms with E-state index in [-0.39, 0.29) is 62.7 Å². The number of imidazole rings is 1. The molecule has 50 heavy (non-hydrogen) atoms. The number of carbonyl (C=O) groups excluding carboxylic acids is 3. The van der Waals surface area contributed by atoms with E-state index in [0.717, 1.165) is 36.5 Å². The third-order valence-corrected chi connectivity index (χ3v) is 8.77. The number of piperazine rings is 1. The predicted molar refractivity (Wildman–Crippen MR) is 180 cm³/mol. The zero-order chi connectivity index (χ0) is 36.3. The Morgan fingerprint density at radius 1 is 1.06 bits per heavy atom. The number of nitrogens with one attached hydrogen (secondary N) is 1. The van der Waals surface area contributed by atoms with Crippen molar-refractivity contribution in [1.82, 2.24) is 44.2 Å². The van der Waals surface area contributed by atoms with Crippen LogP contribution in [-0.4, -0.2) is 109 Å². The van der Waals surface area contributed by atoms with Crippen molar-refractivity contribution in [2.24, 2.45) is 13.0 Å². The second kappa shape index (κ2) is 14.8. The lowest BCUT2D eigenvalue weighted by molar-refractivity contribution is -0.141. The molecule has 3 aromatic heterocycles. The Balaban J connectivity index is 1.26. The molecule has 0 saturated carbocycles. The molecule has 1 fully saturated rings. The first-order valence-electron chi connectivity index (χ1n) is 15.8. The van der Waals surface area contributed by atoms with E-state index in [1.165, 1.54) is 41.9 Å². The molecule has 1 unspecified atom stereocenters. The summed E-state index contributed by atoms with van der Waals surface area (Å²) in [7, 11) is 5.34. The van der Waals surface area contributed by atoms with Gasteiger partial charge in [-0.05, 0) is 63.8 Å². The monoisotopic (exact) mass is 715 g/mol. The van der Waals surface area contributed by atoms with Crippen molar-refractivity contribution in [2.75, 3.05) is 57.9 Å². The molecule has 3 amide bonds. The Hall–Kier alpha value is -5.03. The summed E-state index contributed by atoms with van der Waals surface area (Å²) < 4.78 is 44.1. The zero-order valence-electron chi connectivity index (χ0n) is 27.9. The van der Waals surface area contributed by atoms with E-state index in [1.54, 1.807) is 9.80 Å². The molecule has 266 valence electrons. The van der Waals surface area contributed by atoms with Gasteiger partial charge in [-0.15, -0.1) is 10.2 Å². The smallest absolute Gasteiger partial charge is 0.382 e.